The number of rotatable bonds is 4. The van der Waals surface area contributed by atoms with E-state index in [1.165, 1.54) is 27.6 Å². The molecule has 0 bridgehead atoms. The maximum atomic E-state index is 6.07. The fourth-order valence-electron chi connectivity index (χ4n) is 3.66. The molecule has 0 N–H and O–H groups in total. The molecule has 0 spiro atoms. The zero-order valence-corrected chi connectivity index (χ0v) is 14.7. The van der Waals surface area contributed by atoms with E-state index < -0.39 is 0 Å². The van der Waals surface area contributed by atoms with Gasteiger partial charge in [0.15, 0.2) is 0 Å². The normalized spacial score (nSPS) is 18.5. The molecular formula is C22H24N2O. The van der Waals surface area contributed by atoms with Gasteiger partial charge in [0.25, 0.3) is 0 Å². The predicted octanol–water partition coefficient (Wildman–Crippen LogP) is 3.99. The van der Waals surface area contributed by atoms with E-state index in [0.29, 0.717) is 0 Å². The molecule has 2 aromatic carbocycles. The lowest BCUT2D eigenvalue weighted by Crippen LogP contribution is -2.43. The number of aromatic nitrogens is 1. The summed E-state index contributed by atoms with van der Waals surface area (Å²) in [5.74, 6) is 0. The van der Waals surface area contributed by atoms with Gasteiger partial charge in [-0.15, -0.1) is 0 Å². The fraction of sp³-hybridized carbons (Fsp3) is 0.318. The summed E-state index contributed by atoms with van der Waals surface area (Å²) < 4.78 is 6.07. The third-order valence-electron chi connectivity index (χ3n) is 5.04. The zero-order chi connectivity index (χ0) is 17.1. The molecule has 0 saturated carbocycles. The summed E-state index contributed by atoms with van der Waals surface area (Å²) in [5, 5.41) is 2.64. The minimum absolute atomic E-state index is 0.239. The molecule has 1 aliphatic rings. The van der Waals surface area contributed by atoms with Gasteiger partial charge >= 0.3 is 0 Å². The Balaban J connectivity index is 1.47. The first kappa shape index (κ1) is 16.2. The molecule has 3 aromatic rings. The topological polar surface area (TPSA) is 25.4 Å². The summed E-state index contributed by atoms with van der Waals surface area (Å²) in [7, 11) is 0. The molecule has 3 nitrogen and oxygen atoms in total. The van der Waals surface area contributed by atoms with Crippen molar-refractivity contribution in [3.05, 3.63) is 77.6 Å². The predicted molar refractivity (Wildman–Crippen MR) is 102 cm³/mol. The lowest BCUT2D eigenvalue weighted by atomic mass is 9.99. The molecule has 0 unspecified atom stereocenters. The number of ether oxygens (including phenoxy) is 1. The average Bonchev–Trinajstić information content (AvgIpc) is 2.64. The largest absolute Gasteiger partial charge is 0.375 e. The lowest BCUT2D eigenvalue weighted by Gasteiger charge is -2.33. The number of benzene rings is 2. The summed E-state index contributed by atoms with van der Waals surface area (Å²) in [6, 6.07) is 19.3. The highest BCUT2D eigenvalue weighted by Gasteiger charge is 2.22. The standard InChI is InChI=1S/C22H24N2O/c1-17-6-5-11-23-22(17)16-24-12-13-25-20(15-24)14-19-9-4-8-18-7-2-3-10-21(18)19/h2-11,20H,12-16H2,1H3/t20-/m1/s1. The van der Waals surface area contributed by atoms with Gasteiger partial charge in [-0.1, -0.05) is 48.5 Å². The van der Waals surface area contributed by atoms with Crippen LogP contribution in [0.2, 0.25) is 0 Å². The Bertz CT molecular complexity index is 856. The van der Waals surface area contributed by atoms with Gasteiger partial charge in [0.2, 0.25) is 0 Å². The van der Waals surface area contributed by atoms with Crippen LogP contribution in [0, 0.1) is 6.92 Å². The Morgan fingerprint density at radius 1 is 1.08 bits per heavy atom. The highest BCUT2D eigenvalue weighted by atomic mass is 16.5. The molecular weight excluding hydrogens is 308 g/mol. The van der Waals surface area contributed by atoms with E-state index in [2.05, 4.69) is 65.3 Å². The molecule has 4 rings (SSSR count). The fourth-order valence-corrected chi connectivity index (χ4v) is 3.66. The van der Waals surface area contributed by atoms with Crippen molar-refractivity contribution in [3.63, 3.8) is 0 Å². The second-order valence-corrected chi connectivity index (χ2v) is 6.84. The number of nitrogens with zero attached hydrogens (tertiary/aromatic N) is 2. The van der Waals surface area contributed by atoms with Crippen molar-refractivity contribution in [1.82, 2.24) is 9.88 Å². The van der Waals surface area contributed by atoms with Crippen molar-refractivity contribution < 1.29 is 4.74 Å². The summed E-state index contributed by atoms with van der Waals surface area (Å²) in [6.45, 7) is 5.76. The molecule has 0 radical (unpaired) electrons. The third kappa shape index (κ3) is 3.73. The monoisotopic (exact) mass is 332 g/mol. The van der Waals surface area contributed by atoms with Crippen LogP contribution in [0.4, 0.5) is 0 Å². The Kier molecular flexibility index (Phi) is 4.77. The van der Waals surface area contributed by atoms with Crippen molar-refractivity contribution in [3.8, 4) is 0 Å². The van der Waals surface area contributed by atoms with Crippen LogP contribution in [-0.2, 0) is 17.7 Å². The van der Waals surface area contributed by atoms with Gasteiger partial charge in [-0.2, -0.15) is 0 Å². The maximum absolute atomic E-state index is 6.07. The average molecular weight is 332 g/mol. The molecule has 1 aromatic heterocycles. The van der Waals surface area contributed by atoms with E-state index in [1.54, 1.807) is 0 Å². The Labute approximate surface area is 149 Å². The number of pyridine rings is 1. The second-order valence-electron chi connectivity index (χ2n) is 6.84. The quantitative estimate of drug-likeness (QED) is 0.722. The number of hydrogen-bond donors (Lipinski definition) is 0. The van der Waals surface area contributed by atoms with Crippen molar-refractivity contribution in [2.45, 2.75) is 26.0 Å². The van der Waals surface area contributed by atoms with Gasteiger partial charge in [0.1, 0.15) is 0 Å². The summed E-state index contributed by atoms with van der Waals surface area (Å²) in [6.07, 6.45) is 3.08. The molecule has 128 valence electrons. The van der Waals surface area contributed by atoms with Crippen LogP contribution >= 0.6 is 0 Å². The van der Waals surface area contributed by atoms with E-state index in [1.807, 2.05) is 12.3 Å². The van der Waals surface area contributed by atoms with Crippen LogP contribution in [0.15, 0.2) is 60.8 Å². The first-order valence-electron chi connectivity index (χ1n) is 9.01. The Morgan fingerprint density at radius 2 is 1.96 bits per heavy atom. The lowest BCUT2D eigenvalue weighted by molar-refractivity contribution is -0.0307. The minimum Gasteiger partial charge on any atom is -0.375 e. The molecule has 3 heteroatoms. The van der Waals surface area contributed by atoms with E-state index in [9.17, 15) is 0 Å². The van der Waals surface area contributed by atoms with Crippen molar-refractivity contribution in [2.24, 2.45) is 0 Å². The summed E-state index contributed by atoms with van der Waals surface area (Å²) in [5.41, 5.74) is 3.81. The van der Waals surface area contributed by atoms with Gasteiger partial charge in [-0.3, -0.25) is 9.88 Å². The molecule has 0 aliphatic carbocycles. The van der Waals surface area contributed by atoms with Crippen molar-refractivity contribution in [2.75, 3.05) is 19.7 Å². The molecule has 2 heterocycles. The molecule has 0 amide bonds. The molecule has 25 heavy (non-hydrogen) atoms. The van der Waals surface area contributed by atoms with Crippen LogP contribution in [0.3, 0.4) is 0 Å². The number of fused-ring (bicyclic) bond motifs is 1. The Morgan fingerprint density at radius 3 is 2.88 bits per heavy atom. The van der Waals surface area contributed by atoms with Crippen LogP contribution < -0.4 is 0 Å². The van der Waals surface area contributed by atoms with E-state index in [0.717, 1.165) is 32.7 Å². The number of aryl methyl sites for hydroxylation is 1. The molecule has 1 saturated heterocycles. The van der Waals surface area contributed by atoms with Crippen molar-refractivity contribution >= 4 is 10.8 Å². The van der Waals surface area contributed by atoms with Crippen LogP contribution in [0.25, 0.3) is 10.8 Å². The van der Waals surface area contributed by atoms with Gasteiger partial charge in [0.05, 0.1) is 18.4 Å². The third-order valence-corrected chi connectivity index (χ3v) is 5.04. The van der Waals surface area contributed by atoms with Crippen molar-refractivity contribution in [1.29, 1.82) is 0 Å². The molecule has 1 fully saturated rings. The van der Waals surface area contributed by atoms with Crippen LogP contribution in [0.5, 0.6) is 0 Å². The van der Waals surface area contributed by atoms with Gasteiger partial charge in [0, 0.05) is 32.3 Å². The zero-order valence-electron chi connectivity index (χ0n) is 14.7. The van der Waals surface area contributed by atoms with Gasteiger partial charge in [-0.25, -0.2) is 0 Å². The second kappa shape index (κ2) is 7.34. The van der Waals surface area contributed by atoms with Gasteiger partial charge < -0.3 is 4.74 Å². The molecule has 1 atom stereocenters. The molecule has 1 aliphatic heterocycles. The maximum Gasteiger partial charge on any atom is 0.0743 e. The SMILES string of the molecule is Cc1cccnc1CN1CCO[C@H](Cc2cccc3ccccc23)C1. The van der Waals surface area contributed by atoms with Gasteiger partial charge in [-0.05, 0) is 34.9 Å². The number of hydrogen-bond acceptors (Lipinski definition) is 3. The first-order valence-corrected chi connectivity index (χ1v) is 9.01. The highest BCUT2D eigenvalue weighted by molar-refractivity contribution is 5.85. The van der Waals surface area contributed by atoms with E-state index >= 15 is 0 Å². The van der Waals surface area contributed by atoms with Crippen LogP contribution in [0.1, 0.15) is 16.8 Å². The number of morpholine rings is 1. The first-order chi connectivity index (χ1) is 12.3. The summed E-state index contributed by atoms with van der Waals surface area (Å²) >= 11 is 0. The summed E-state index contributed by atoms with van der Waals surface area (Å²) in [4.78, 5) is 7.01. The van der Waals surface area contributed by atoms with E-state index in [-0.39, 0.29) is 6.10 Å². The van der Waals surface area contributed by atoms with E-state index in [4.69, 9.17) is 4.74 Å². The Hall–Kier alpha value is -2.23. The minimum atomic E-state index is 0.239. The van der Waals surface area contributed by atoms with Crippen LogP contribution in [-0.4, -0.2) is 35.7 Å². The highest BCUT2D eigenvalue weighted by Crippen LogP contribution is 2.22. The smallest absolute Gasteiger partial charge is 0.0743 e.